The first kappa shape index (κ1) is 18.0. The van der Waals surface area contributed by atoms with Crippen LogP contribution in [0.25, 0.3) is 0 Å². The van der Waals surface area contributed by atoms with Crippen LogP contribution in [0.5, 0.6) is 0 Å². The Morgan fingerprint density at radius 1 is 1.05 bits per heavy atom. The summed E-state index contributed by atoms with van der Waals surface area (Å²) in [6.45, 7) is 14.9. The Morgan fingerprint density at radius 3 is 2.10 bits per heavy atom. The van der Waals surface area contributed by atoms with E-state index in [1.807, 2.05) is 0 Å². The average molecular weight is 283 g/mol. The monoisotopic (exact) mass is 282 g/mol. The largest absolute Gasteiger partial charge is 0.329 e. The van der Waals surface area contributed by atoms with Gasteiger partial charge >= 0.3 is 0 Å². The normalized spacial score (nSPS) is 28.4. The van der Waals surface area contributed by atoms with Crippen LogP contribution >= 0.6 is 0 Å². The molecule has 0 aromatic heterocycles. The SMILES string of the molecule is CCC1CCCC(CN)(N(CC(C)C)CC(C)C)CC1. The van der Waals surface area contributed by atoms with Crippen LogP contribution in [0.3, 0.4) is 0 Å². The molecule has 1 fully saturated rings. The molecule has 0 aliphatic heterocycles. The molecule has 0 saturated heterocycles. The Balaban J connectivity index is 2.85. The van der Waals surface area contributed by atoms with E-state index in [4.69, 9.17) is 5.73 Å². The molecule has 0 aromatic rings. The van der Waals surface area contributed by atoms with Gasteiger partial charge in [-0.15, -0.1) is 0 Å². The predicted molar refractivity (Wildman–Crippen MR) is 89.9 cm³/mol. The summed E-state index contributed by atoms with van der Waals surface area (Å²) in [7, 11) is 0. The van der Waals surface area contributed by atoms with Gasteiger partial charge in [-0.3, -0.25) is 4.90 Å². The fraction of sp³-hybridized carbons (Fsp3) is 1.00. The molecule has 120 valence electrons. The Morgan fingerprint density at radius 2 is 1.65 bits per heavy atom. The Kier molecular flexibility index (Phi) is 7.53. The minimum atomic E-state index is 0.276. The fourth-order valence-electron chi connectivity index (χ4n) is 3.86. The van der Waals surface area contributed by atoms with E-state index < -0.39 is 0 Å². The molecule has 0 amide bonds. The summed E-state index contributed by atoms with van der Waals surface area (Å²) in [6.07, 6.45) is 8.11. The minimum absolute atomic E-state index is 0.276. The molecule has 1 aliphatic carbocycles. The molecule has 20 heavy (non-hydrogen) atoms. The molecule has 1 rings (SSSR count). The van der Waals surface area contributed by atoms with Gasteiger partial charge in [-0.2, -0.15) is 0 Å². The molecule has 2 nitrogen and oxygen atoms in total. The van der Waals surface area contributed by atoms with Crippen LogP contribution in [-0.4, -0.2) is 30.1 Å². The molecule has 0 aromatic carbocycles. The van der Waals surface area contributed by atoms with Crippen LogP contribution in [-0.2, 0) is 0 Å². The van der Waals surface area contributed by atoms with Gasteiger partial charge in [0.1, 0.15) is 0 Å². The summed E-state index contributed by atoms with van der Waals surface area (Å²) in [5.41, 5.74) is 6.58. The Bertz CT molecular complexity index is 252. The molecule has 2 heteroatoms. The first-order chi connectivity index (χ1) is 9.43. The molecular formula is C18H38N2. The molecule has 2 N–H and O–H groups in total. The highest BCUT2D eigenvalue weighted by atomic mass is 15.2. The van der Waals surface area contributed by atoms with Crippen molar-refractivity contribution < 1.29 is 0 Å². The zero-order chi connectivity index (χ0) is 15.2. The van der Waals surface area contributed by atoms with Crippen LogP contribution in [0.15, 0.2) is 0 Å². The van der Waals surface area contributed by atoms with E-state index in [9.17, 15) is 0 Å². The van der Waals surface area contributed by atoms with E-state index in [1.54, 1.807) is 0 Å². The van der Waals surface area contributed by atoms with Crippen molar-refractivity contribution in [1.82, 2.24) is 4.90 Å². The van der Waals surface area contributed by atoms with Crippen molar-refractivity contribution in [3.05, 3.63) is 0 Å². The smallest absolute Gasteiger partial charge is 0.0332 e. The van der Waals surface area contributed by atoms with Crippen molar-refractivity contribution in [3.63, 3.8) is 0 Å². The molecule has 1 aliphatic rings. The van der Waals surface area contributed by atoms with Gasteiger partial charge in [-0.1, -0.05) is 53.9 Å². The first-order valence-electron chi connectivity index (χ1n) is 8.88. The minimum Gasteiger partial charge on any atom is -0.329 e. The molecular weight excluding hydrogens is 244 g/mol. The van der Waals surface area contributed by atoms with Crippen molar-refractivity contribution in [2.45, 2.75) is 78.7 Å². The van der Waals surface area contributed by atoms with Gasteiger partial charge in [0.25, 0.3) is 0 Å². The van der Waals surface area contributed by atoms with E-state index in [0.29, 0.717) is 0 Å². The number of nitrogens with two attached hydrogens (primary N) is 1. The fourth-order valence-corrected chi connectivity index (χ4v) is 3.86. The van der Waals surface area contributed by atoms with E-state index in [0.717, 1.165) is 24.3 Å². The number of rotatable bonds is 7. The molecule has 0 radical (unpaired) electrons. The maximum absolute atomic E-state index is 6.31. The summed E-state index contributed by atoms with van der Waals surface area (Å²) in [4.78, 5) is 2.75. The summed E-state index contributed by atoms with van der Waals surface area (Å²) in [5, 5.41) is 0. The number of nitrogens with zero attached hydrogens (tertiary/aromatic N) is 1. The van der Waals surface area contributed by atoms with Crippen molar-refractivity contribution in [2.24, 2.45) is 23.5 Å². The van der Waals surface area contributed by atoms with Crippen LogP contribution in [0.1, 0.15) is 73.1 Å². The lowest BCUT2D eigenvalue weighted by Gasteiger charge is -2.45. The lowest BCUT2D eigenvalue weighted by Crippen LogP contribution is -2.55. The van der Waals surface area contributed by atoms with Crippen molar-refractivity contribution >= 4 is 0 Å². The Labute approximate surface area is 127 Å². The highest BCUT2D eigenvalue weighted by Gasteiger charge is 2.37. The van der Waals surface area contributed by atoms with Crippen molar-refractivity contribution in [3.8, 4) is 0 Å². The zero-order valence-corrected chi connectivity index (χ0v) is 14.6. The average Bonchev–Trinajstić information content (AvgIpc) is 2.59. The lowest BCUT2D eigenvalue weighted by atomic mass is 9.86. The standard InChI is InChI=1S/C18H38N2/c1-6-17-8-7-10-18(14-19,11-9-17)20(12-15(2)3)13-16(4)5/h15-17H,6-14,19H2,1-5H3. The molecule has 1 saturated carbocycles. The van der Waals surface area contributed by atoms with Crippen molar-refractivity contribution in [1.29, 1.82) is 0 Å². The highest BCUT2D eigenvalue weighted by Crippen LogP contribution is 2.36. The van der Waals surface area contributed by atoms with Gasteiger partial charge in [0.15, 0.2) is 0 Å². The predicted octanol–water partition coefficient (Wildman–Crippen LogP) is 4.29. The zero-order valence-electron chi connectivity index (χ0n) is 14.6. The lowest BCUT2D eigenvalue weighted by molar-refractivity contribution is 0.0534. The van der Waals surface area contributed by atoms with Gasteiger partial charge in [0.05, 0.1) is 0 Å². The second-order valence-electron chi connectivity index (χ2n) is 7.83. The molecule has 0 spiro atoms. The van der Waals surface area contributed by atoms with Gasteiger partial charge in [-0.25, -0.2) is 0 Å². The summed E-state index contributed by atoms with van der Waals surface area (Å²) in [6, 6.07) is 0. The number of hydrogen-bond donors (Lipinski definition) is 1. The third-order valence-corrected chi connectivity index (χ3v) is 5.07. The molecule has 0 heterocycles. The topological polar surface area (TPSA) is 29.3 Å². The summed E-state index contributed by atoms with van der Waals surface area (Å²) >= 11 is 0. The summed E-state index contributed by atoms with van der Waals surface area (Å²) in [5.74, 6) is 2.38. The molecule has 0 bridgehead atoms. The van der Waals surface area contributed by atoms with E-state index in [1.165, 1.54) is 51.6 Å². The second kappa shape index (κ2) is 8.38. The van der Waals surface area contributed by atoms with Gasteiger partial charge in [0.2, 0.25) is 0 Å². The quantitative estimate of drug-likeness (QED) is 0.706. The van der Waals surface area contributed by atoms with E-state index >= 15 is 0 Å². The van der Waals surface area contributed by atoms with Gasteiger partial charge in [0, 0.05) is 25.2 Å². The maximum atomic E-state index is 6.31. The van der Waals surface area contributed by atoms with Crippen LogP contribution in [0.4, 0.5) is 0 Å². The second-order valence-corrected chi connectivity index (χ2v) is 7.83. The third-order valence-electron chi connectivity index (χ3n) is 5.07. The van der Waals surface area contributed by atoms with Crippen LogP contribution in [0.2, 0.25) is 0 Å². The third kappa shape index (κ3) is 5.04. The molecule has 2 atom stereocenters. The van der Waals surface area contributed by atoms with E-state index in [-0.39, 0.29) is 5.54 Å². The summed E-state index contributed by atoms with van der Waals surface area (Å²) < 4.78 is 0. The van der Waals surface area contributed by atoms with Crippen molar-refractivity contribution in [2.75, 3.05) is 19.6 Å². The highest BCUT2D eigenvalue weighted by molar-refractivity contribution is 4.95. The van der Waals surface area contributed by atoms with Crippen LogP contribution < -0.4 is 5.73 Å². The van der Waals surface area contributed by atoms with E-state index in [2.05, 4.69) is 39.5 Å². The maximum Gasteiger partial charge on any atom is 0.0332 e. The van der Waals surface area contributed by atoms with Crippen LogP contribution in [0, 0.1) is 17.8 Å². The van der Waals surface area contributed by atoms with Gasteiger partial charge in [-0.05, 0) is 37.0 Å². The Hall–Kier alpha value is -0.0800. The molecule has 2 unspecified atom stereocenters. The number of hydrogen-bond acceptors (Lipinski definition) is 2. The first-order valence-corrected chi connectivity index (χ1v) is 8.88. The van der Waals surface area contributed by atoms with Gasteiger partial charge < -0.3 is 5.73 Å².